The largest absolute Gasteiger partial charge is 0.322 e. The lowest BCUT2D eigenvalue weighted by molar-refractivity contribution is -0.169. The molecule has 0 spiro atoms. The molecule has 0 aliphatic carbocycles. The zero-order chi connectivity index (χ0) is 18.4. The third-order valence-electron chi connectivity index (χ3n) is 4.36. The Labute approximate surface area is 145 Å². The van der Waals surface area contributed by atoms with Gasteiger partial charge in [0.05, 0.1) is 6.04 Å². The molecule has 0 saturated carbocycles. The molecule has 1 aromatic rings. The smallest absolute Gasteiger partial charge is 0.321 e. The van der Waals surface area contributed by atoms with Crippen molar-refractivity contribution in [1.29, 1.82) is 0 Å². The Morgan fingerprint density at radius 1 is 1.32 bits per heavy atom. The molecule has 2 rings (SSSR count). The second-order valence-electron chi connectivity index (χ2n) is 5.98. The van der Waals surface area contributed by atoms with Crippen LogP contribution in [0.15, 0.2) is 30.3 Å². The minimum Gasteiger partial charge on any atom is -0.321 e. The number of rotatable bonds is 9. The molecule has 1 unspecified atom stereocenters. The molecule has 2 atom stereocenters. The van der Waals surface area contributed by atoms with Gasteiger partial charge in [-0.1, -0.05) is 50.1 Å². The standard InChI is InChI=1S/C17H21N3O5/c1-2-3-9-17(15(23)18-16(24)19-17)14(20(25)11-21)10-13(22)12-7-5-4-6-8-12/h4-8,11,14,25H,2-3,9-10H2,1H3,(H2,18,19,23,24)/t14-,17?/m0/s1. The van der Waals surface area contributed by atoms with Crippen molar-refractivity contribution >= 4 is 24.1 Å². The number of hydroxylamine groups is 2. The molecule has 0 bridgehead atoms. The van der Waals surface area contributed by atoms with E-state index in [2.05, 4.69) is 10.6 Å². The molecule has 3 N–H and O–H groups in total. The van der Waals surface area contributed by atoms with Crippen LogP contribution >= 0.6 is 0 Å². The quantitative estimate of drug-likeness (QED) is 0.204. The monoisotopic (exact) mass is 347 g/mol. The first-order valence-corrected chi connectivity index (χ1v) is 8.09. The number of amides is 4. The highest BCUT2D eigenvalue weighted by molar-refractivity contribution is 6.08. The maximum Gasteiger partial charge on any atom is 0.322 e. The maximum atomic E-state index is 12.5. The number of carbonyl (C=O) groups excluding carboxylic acids is 4. The zero-order valence-electron chi connectivity index (χ0n) is 13.9. The van der Waals surface area contributed by atoms with Crippen molar-refractivity contribution in [3.8, 4) is 0 Å². The second kappa shape index (κ2) is 7.89. The lowest BCUT2D eigenvalue weighted by atomic mass is 9.81. The molecule has 1 saturated heterocycles. The molecule has 1 fully saturated rings. The SMILES string of the molecule is CCCCC1([C@H](CC(=O)c2ccccc2)N(O)C=O)NC(=O)NC1=O. The number of nitrogens with zero attached hydrogens (tertiary/aromatic N) is 1. The number of Topliss-reactive ketones (excluding diaryl/α,β-unsaturated/α-hetero) is 1. The van der Waals surface area contributed by atoms with E-state index in [1.807, 2.05) is 6.92 Å². The van der Waals surface area contributed by atoms with E-state index in [0.717, 1.165) is 6.42 Å². The van der Waals surface area contributed by atoms with Gasteiger partial charge in [0.2, 0.25) is 6.41 Å². The van der Waals surface area contributed by atoms with Crippen molar-refractivity contribution in [3.63, 3.8) is 0 Å². The van der Waals surface area contributed by atoms with E-state index in [-0.39, 0.29) is 25.0 Å². The van der Waals surface area contributed by atoms with Crippen LogP contribution in [0.2, 0.25) is 0 Å². The average molecular weight is 347 g/mol. The number of hydrogen-bond donors (Lipinski definition) is 3. The van der Waals surface area contributed by atoms with Crippen LogP contribution in [-0.4, -0.2) is 46.0 Å². The Hall–Kier alpha value is -2.74. The fourth-order valence-electron chi connectivity index (χ4n) is 3.02. The van der Waals surface area contributed by atoms with Gasteiger partial charge in [-0.15, -0.1) is 0 Å². The molecule has 0 aromatic heterocycles. The lowest BCUT2D eigenvalue weighted by Crippen LogP contribution is -2.62. The minimum absolute atomic E-state index is 0.133. The van der Waals surface area contributed by atoms with Crippen molar-refractivity contribution in [2.45, 2.75) is 44.2 Å². The topological polar surface area (TPSA) is 116 Å². The van der Waals surface area contributed by atoms with Gasteiger partial charge in [0.15, 0.2) is 5.78 Å². The Morgan fingerprint density at radius 3 is 2.52 bits per heavy atom. The van der Waals surface area contributed by atoms with E-state index in [1.54, 1.807) is 30.3 Å². The first kappa shape index (κ1) is 18.6. The van der Waals surface area contributed by atoms with Crippen molar-refractivity contribution < 1.29 is 24.4 Å². The summed E-state index contributed by atoms with van der Waals surface area (Å²) >= 11 is 0. The van der Waals surface area contributed by atoms with Gasteiger partial charge in [-0.2, -0.15) is 0 Å². The number of ketones is 1. The average Bonchev–Trinajstić information content (AvgIpc) is 2.91. The van der Waals surface area contributed by atoms with Crippen LogP contribution in [-0.2, 0) is 9.59 Å². The van der Waals surface area contributed by atoms with Gasteiger partial charge < -0.3 is 5.32 Å². The van der Waals surface area contributed by atoms with E-state index >= 15 is 0 Å². The van der Waals surface area contributed by atoms with Crippen LogP contribution < -0.4 is 10.6 Å². The summed E-state index contributed by atoms with van der Waals surface area (Å²) in [7, 11) is 0. The highest BCUT2D eigenvalue weighted by Gasteiger charge is 2.54. The van der Waals surface area contributed by atoms with Crippen LogP contribution in [0.5, 0.6) is 0 Å². The highest BCUT2D eigenvalue weighted by Crippen LogP contribution is 2.29. The van der Waals surface area contributed by atoms with Gasteiger partial charge in [0.1, 0.15) is 5.54 Å². The Kier molecular flexibility index (Phi) is 5.87. The fraction of sp³-hybridized carbons (Fsp3) is 0.412. The molecule has 134 valence electrons. The van der Waals surface area contributed by atoms with Crippen molar-refractivity contribution in [3.05, 3.63) is 35.9 Å². The fourth-order valence-corrected chi connectivity index (χ4v) is 3.02. The molecule has 8 heteroatoms. The summed E-state index contributed by atoms with van der Waals surface area (Å²) in [6, 6.07) is 6.42. The predicted octanol–water partition coefficient (Wildman–Crippen LogP) is 1.24. The highest BCUT2D eigenvalue weighted by atomic mass is 16.5. The molecule has 1 heterocycles. The molecule has 1 aliphatic rings. The van der Waals surface area contributed by atoms with Crippen LogP contribution in [0.4, 0.5) is 4.79 Å². The van der Waals surface area contributed by atoms with E-state index in [4.69, 9.17) is 0 Å². The molecule has 8 nitrogen and oxygen atoms in total. The number of hydrogen-bond acceptors (Lipinski definition) is 5. The summed E-state index contributed by atoms with van der Waals surface area (Å²) in [4.78, 5) is 47.8. The number of nitrogens with one attached hydrogen (secondary N) is 2. The summed E-state index contributed by atoms with van der Waals surface area (Å²) in [6.45, 7) is 1.91. The predicted molar refractivity (Wildman–Crippen MR) is 87.8 cm³/mol. The second-order valence-corrected chi connectivity index (χ2v) is 5.98. The van der Waals surface area contributed by atoms with E-state index in [0.29, 0.717) is 17.0 Å². The number of urea groups is 1. The maximum absolute atomic E-state index is 12.5. The number of carbonyl (C=O) groups is 4. The first-order valence-electron chi connectivity index (χ1n) is 8.09. The molecule has 0 radical (unpaired) electrons. The Balaban J connectivity index is 2.36. The molecular formula is C17H21N3O5. The third kappa shape index (κ3) is 3.85. The Bertz CT molecular complexity index is 664. The number of imide groups is 1. The lowest BCUT2D eigenvalue weighted by Gasteiger charge is -2.37. The van der Waals surface area contributed by atoms with Gasteiger partial charge in [-0.05, 0) is 6.42 Å². The van der Waals surface area contributed by atoms with Crippen LogP contribution in [0, 0.1) is 0 Å². The van der Waals surface area contributed by atoms with E-state index < -0.39 is 23.5 Å². The number of benzene rings is 1. The van der Waals surface area contributed by atoms with Gasteiger partial charge >= 0.3 is 6.03 Å². The summed E-state index contributed by atoms with van der Waals surface area (Å²) in [5.41, 5.74) is -1.16. The van der Waals surface area contributed by atoms with Gasteiger partial charge in [0.25, 0.3) is 5.91 Å². The van der Waals surface area contributed by atoms with Gasteiger partial charge in [-0.25, -0.2) is 9.86 Å². The molecular weight excluding hydrogens is 326 g/mol. The van der Waals surface area contributed by atoms with E-state index in [1.165, 1.54) is 0 Å². The summed E-state index contributed by atoms with van der Waals surface area (Å²) in [5.74, 6) is -1.01. The summed E-state index contributed by atoms with van der Waals surface area (Å²) < 4.78 is 0. The van der Waals surface area contributed by atoms with Crippen LogP contribution in [0.3, 0.4) is 0 Å². The molecule has 1 aromatic carbocycles. The van der Waals surface area contributed by atoms with Crippen molar-refractivity contribution in [2.75, 3.05) is 0 Å². The van der Waals surface area contributed by atoms with Crippen molar-refractivity contribution in [2.24, 2.45) is 0 Å². The minimum atomic E-state index is -1.55. The molecule has 4 amide bonds. The van der Waals surface area contributed by atoms with Gasteiger partial charge in [0, 0.05) is 12.0 Å². The van der Waals surface area contributed by atoms with Crippen LogP contribution in [0.1, 0.15) is 43.0 Å². The normalized spacial score (nSPS) is 20.6. The third-order valence-corrected chi connectivity index (χ3v) is 4.36. The first-order chi connectivity index (χ1) is 11.9. The van der Waals surface area contributed by atoms with Crippen LogP contribution in [0.25, 0.3) is 0 Å². The summed E-state index contributed by atoms with van der Waals surface area (Å²) in [5, 5.41) is 15.0. The van der Waals surface area contributed by atoms with Crippen molar-refractivity contribution in [1.82, 2.24) is 15.7 Å². The van der Waals surface area contributed by atoms with Gasteiger partial charge in [-0.3, -0.25) is 24.9 Å². The van der Waals surface area contributed by atoms with E-state index in [9.17, 15) is 24.4 Å². The molecule has 25 heavy (non-hydrogen) atoms. The summed E-state index contributed by atoms with van der Waals surface area (Å²) in [6.07, 6.45) is 1.32. The zero-order valence-corrected chi connectivity index (χ0v) is 13.9. The molecule has 1 aliphatic heterocycles. The Morgan fingerprint density at radius 2 is 2.00 bits per heavy atom. The number of unbranched alkanes of at least 4 members (excludes halogenated alkanes) is 1.